The van der Waals surface area contributed by atoms with Crippen LogP contribution >= 0.6 is 11.6 Å². The average molecular weight is 230 g/mol. The van der Waals surface area contributed by atoms with Crippen LogP contribution in [0.1, 0.15) is 11.7 Å². The standard InChI is InChI=1S/C11H16ClNO2/c1-13-7-11(15-3)9-6-8(12)4-5-10(9)14-2/h4-6,11,13H,7H2,1-3H3. The summed E-state index contributed by atoms with van der Waals surface area (Å²) in [6.45, 7) is 0.715. The van der Waals surface area contributed by atoms with E-state index in [0.29, 0.717) is 11.6 Å². The Morgan fingerprint density at radius 1 is 1.40 bits per heavy atom. The highest BCUT2D eigenvalue weighted by Gasteiger charge is 2.15. The fourth-order valence-corrected chi connectivity index (χ4v) is 1.64. The van der Waals surface area contributed by atoms with Gasteiger partial charge in [-0.1, -0.05) is 11.6 Å². The lowest BCUT2D eigenvalue weighted by molar-refractivity contribution is 0.102. The predicted octanol–water partition coefficient (Wildman–Crippen LogP) is 2.26. The summed E-state index contributed by atoms with van der Waals surface area (Å²) >= 11 is 5.94. The molecule has 0 saturated heterocycles. The Bertz CT molecular complexity index is 317. The first-order valence-electron chi connectivity index (χ1n) is 4.73. The van der Waals surface area contributed by atoms with E-state index in [0.717, 1.165) is 11.3 Å². The smallest absolute Gasteiger partial charge is 0.124 e. The van der Waals surface area contributed by atoms with Gasteiger partial charge in [0.25, 0.3) is 0 Å². The topological polar surface area (TPSA) is 30.5 Å². The van der Waals surface area contributed by atoms with Gasteiger partial charge in [-0.05, 0) is 25.2 Å². The maximum atomic E-state index is 5.94. The van der Waals surface area contributed by atoms with Crippen LogP contribution in [0.4, 0.5) is 0 Å². The van der Waals surface area contributed by atoms with Gasteiger partial charge in [-0.15, -0.1) is 0 Å². The van der Waals surface area contributed by atoms with Crippen LogP contribution < -0.4 is 10.1 Å². The van der Waals surface area contributed by atoms with Gasteiger partial charge in [0.1, 0.15) is 5.75 Å². The third kappa shape index (κ3) is 3.09. The molecular weight excluding hydrogens is 214 g/mol. The Kier molecular flexibility index (Phi) is 4.88. The minimum absolute atomic E-state index is 0.0522. The van der Waals surface area contributed by atoms with Crippen LogP contribution in [0.5, 0.6) is 5.75 Å². The quantitative estimate of drug-likeness (QED) is 0.840. The van der Waals surface area contributed by atoms with Crippen LogP contribution in [0.15, 0.2) is 18.2 Å². The van der Waals surface area contributed by atoms with Crippen LogP contribution in [-0.2, 0) is 4.74 Å². The number of methoxy groups -OCH3 is 2. The number of nitrogens with one attached hydrogen (secondary N) is 1. The molecule has 0 spiro atoms. The van der Waals surface area contributed by atoms with E-state index in [9.17, 15) is 0 Å². The number of halogens is 1. The summed E-state index contributed by atoms with van der Waals surface area (Å²) in [4.78, 5) is 0. The molecule has 0 heterocycles. The Labute approximate surface area is 95.3 Å². The van der Waals surface area contributed by atoms with Crippen molar-refractivity contribution in [3.05, 3.63) is 28.8 Å². The molecule has 15 heavy (non-hydrogen) atoms. The van der Waals surface area contributed by atoms with Gasteiger partial charge in [-0.25, -0.2) is 0 Å². The molecule has 1 unspecified atom stereocenters. The second-order valence-electron chi connectivity index (χ2n) is 3.17. The van der Waals surface area contributed by atoms with Gasteiger partial charge >= 0.3 is 0 Å². The molecule has 1 aromatic rings. The number of likely N-dealkylation sites (N-methyl/N-ethyl adjacent to an activating group) is 1. The third-order valence-electron chi connectivity index (χ3n) is 2.21. The normalized spacial score (nSPS) is 12.5. The van der Waals surface area contributed by atoms with E-state index < -0.39 is 0 Å². The van der Waals surface area contributed by atoms with Crippen molar-refractivity contribution in [1.29, 1.82) is 0 Å². The fraction of sp³-hybridized carbons (Fsp3) is 0.455. The molecule has 1 N–H and O–H groups in total. The van der Waals surface area contributed by atoms with E-state index in [1.54, 1.807) is 20.3 Å². The zero-order valence-electron chi connectivity index (χ0n) is 9.21. The first kappa shape index (κ1) is 12.3. The van der Waals surface area contributed by atoms with Gasteiger partial charge in [0.2, 0.25) is 0 Å². The van der Waals surface area contributed by atoms with Crippen LogP contribution in [0.2, 0.25) is 5.02 Å². The van der Waals surface area contributed by atoms with Gasteiger partial charge in [0.15, 0.2) is 0 Å². The van der Waals surface area contributed by atoms with E-state index in [4.69, 9.17) is 21.1 Å². The van der Waals surface area contributed by atoms with Crippen LogP contribution in [0.3, 0.4) is 0 Å². The van der Waals surface area contributed by atoms with Crippen molar-refractivity contribution >= 4 is 11.6 Å². The molecule has 0 aromatic heterocycles. The van der Waals surface area contributed by atoms with E-state index >= 15 is 0 Å². The number of ether oxygens (including phenoxy) is 2. The molecule has 0 saturated carbocycles. The summed E-state index contributed by atoms with van der Waals surface area (Å²) < 4.78 is 10.6. The molecule has 1 rings (SSSR count). The van der Waals surface area contributed by atoms with E-state index in [2.05, 4.69) is 5.32 Å². The van der Waals surface area contributed by atoms with Crippen molar-refractivity contribution in [3.8, 4) is 5.75 Å². The van der Waals surface area contributed by atoms with Crippen LogP contribution in [0.25, 0.3) is 0 Å². The lowest BCUT2D eigenvalue weighted by Gasteiger charge is -2.18. The molecule has 4 heteroatoms. The molecule has 0 aliphatic rings. The van der Waals surface area contributed by atoms with Crippen molar-refractivity contribution in [2.45, 2.75) is 6.10 Å². The molecule has 0 fully saturated rings. The number of hydrogen-bond acceptors (Lipinski definition) is 3. The van der Waals surface area contributed by atoms with Crippen molar-refractivity contribution < 1.29 is 9.47 Å². The first-order valence-corrected chi connectivity index (χ1v) is 5.11. The van der Waals surface area contributed by atoms with Crippen LogP contribution in [0, 0.1) is 0 Å². The van der Waals surface area contributed by atoms with E-state index in [-0.39, 0.29) is 6.10 Å². The van der Waals surface area contributed by atoms with Gasteiger partial charge in [0, 0.05) is 24.2 Å². The summed E-state index contributed by atoms with van der Waals surface area (Å²) in [6.07, 6.45) is -0.0522. The maximum Gasteiger partial charge on any atom is 0.124 e. The largest absolute Gasteiger partial charge is 0.496 e. The Morgan fingerprint density at radius 2 is 2.13 bits per heavy atom. The molecule has 0 aliphatic heterocycles. The van der Waals surface area contributed by atoms with Gasteiger partial charge in [0.05, 0.1) is 13.2 Å². The summed E-state index contributed by atoms with van der Waals surface area (Å²) in [6, 6.07) is 5.52. The maximum absolute atomic E-state index is 5.94. The average Bonchev–Trinajstić information content (AvgIpc) is 2.26. The first-order chi connectivity index (χ1) is 7.22. The van der Waals surface area contributed by atoms with Crippen LogP contribution in [-0.4, -0.2) is 27.8 Å². The summed E-state index contributed by atoms with van der Waals surface area (Å²) in [5, 5.41) is 3.75. The summed E-state index contributed by atoms with van der Waals surface area (Å²) in [7, 11) is 5.18. The molecule has 3 nitrogen and oxygen atoms in total. The predicted molar refractivity (Wildman–Crippen MR) is 61.7 cm³/mol. The Balaban J connectivity index is 3.02. The number of hydrogen-bond donors (Lipinski definition) is 1. The van der Waals surface area contributed by atoms with Crippen molar-refractivity contribution in [3.63, 3.8) is 0 Å². The minimum atomic E-state index is -0.0522. The second-order valence-corrected chi connectivity index (χ2v) is 3.60. The number of rotatable bonds is 5. The summed E-state index contributed by atoms with van der Waals surface area (Å²) in [5.41, 5.74) is 0.960. The highest BCUT2D eigenvalue weighted by atomic mass is 35.5. The Morgan fingerprint density at radius 3 is 2.67 bits per heavy atom. The Hall–Kier alpha value is -0.770. The molecule has 0 bridgehead atoms. The molecule has 0 amide bonds. The molecule has 1 aromatic carbocycles. The van der Waals surface area contributed by atoms with Gasteiger partial charge in [-0.3, -0.25) is 0 Å². The van der Waals surface area contributed by atoms with E-state index in [1.165, 1.54) is 0 Å². The van der Waals surface area contributed by atoms with E-state index in [1.807, 2.05) is 19.2 Å². The lowest BCUT2D eigenvalue weighted by atomic mass is 10.1. The molecule has 0 aliphatic carbocycles. The van der Waals surface area contributed by atoms with Gasteiger partial charge in [-0.2, -0.15) is 0 Å². The highest BCUT2D eigenvalue weighted by molar-refractivity contribution is 6.30. The molecule has 0 radical (unpaired) electrons. The zero-order chi connectivity index (χ0) is 11.3. The fourth-order valence-electron chi connectivity index (χ4n) is 1.46. The van der Waals surface area contributed by atoms with Crippen molar-refractivity contribution in [2.75, 3.05) is 27.8 Å². The lowest BCUT2D eigenvalue weighted by Crippen LogP contribution is -2.19. The molecule has 1 atom stereocenters. The SMILES string of the molecule is CNCC(OC)c1cc(Cl)ccc1OC. The summed E-state index contributed by atoms with van der Waals surface area (Å²) in [5.74, 6) is 0.793. The number of benzene rings is 1. The zero-order valence-corrected chi connectivity index (χ0v) is 9.97. The second kappa shape index (κ2) is 5.95. The molecule has 84 valence electrons. The highest BCUT2D eigenvalue weighted by Crippen LogP contribution is 2.29. The van der Waals surface area contributed by atoms with Crippen molar-refractivity contribution in [2.24, 2.45) is 0 Å². The monoisotopic (exact) mass is 229 g/mol. The molecular formula is C11H16ClNO2. The van der Waals surface area contributed by atoms with Gasteiger partial charge < -0.3 is 14.8 Å². The minimum Gasteiger partial charge on any atom is -0.496 e. The van der Waals surface area contributed by atoms with Crippen molar-refractivity contribution in [1.82, 2.24) is 5.32 Å². The third-order valence-corrected chi connectivity index (χ3v) is 2.45.